The first-order valence-corrected chi connectivity index (χ1v) is 12.4. The van der Waals surface area contributed by atoms with E-state index in [2.05, 4.69) is 55.0 Å². The molecule has 0 spiro atoms. The fourth-order valence-corrected chi connectivity index (χ4v) is 4.24. The van der Waals surface area contributed by atoms with E-state index in [-0.39, 0.29) is 23.2 Å². The molecule has 0 saturated carbocycles. The molecule has 1 atom stereocenters. The minimum Gasteiger partial charge on any atom is -0.483 e. The quantitative estimate of drug-likeness (QED) is 0.291. The average Bonchev–Trinajstić information content (AvgIpc) is 3.17. The number of carbonyl (C=O) groups is 1. The zero-order valence-corrected chi connectivity index (χ0v) is 21.7. The van der Waals surface area contributed by atoms with Gasteiger partial charge in [0.2, 0.25) is 5.91 Å². The molecule has 0 aliphatic rings. The van der Waals surface area contributed by atoms with Crippen LogP contribution in [0.4, 0.5) is 5.69 Å². The lowest BCUT2D eigenvalue weighted by molar-refractivity contribution is -0.113. The molecule has 2 aromatic carbocycles. The van der Waals surface area contributed by atoms with E-state index in [4.69, 9.17) is 4.74 Å². The van der Waals surface area contributed by atoms with Crippen molar-refractivity contribution in [3.8, 4) is 5.75 Å². The molecule has 0 aliphatic carbocycles. The third-order valence-corrected chi connectivity index (χ3v) is 6.42. The summed E-state index contributed by atoms with van der Waals surface area (Å²) in [5.74, 6) is 1.61. The number of rotatable bonds is 9. The van der Waals surface area contributed by atoms with E-state index in [0.717, 1.165) is 22.6 Å². The summed E-state index contributed by atoms with van der Waals surface area (Å²) < 4.78 is 8.09. The summed E-state index contributed by atoms with van der Waals surface area (Å²) in [7, 11) is 0. The smallest absolute Gasteiger partial charge is 0.234 e. The van der Waals surface area contributed by atoms with Crippen LogP contribution in [0.3, 0.4) is 0 Å². The molecule has 1 amide bonds. The summed E-state index contributed by atoms with van der Waals surface area (Å²) in [6, 6.07) is 14.2. The maximum absolute atomic E-state index is 12.6. The van der Waals surface area contributed by atoms with E-state index < -0.39 is 0 Å². The molecule has 0 saturated heterocycles. The zero-order chi connectivity index (χ0) is 24.9. The Hall–Kier alpha value is -3.06. The number of thioether (sulfide) groups is 1. The van der Waals surface area contributed by atoms with Gasteiger partial charge < -0.3 is 10.1 Å². The molecule has 0 radical (unpaired) electrons. The maximum Gasteiger partial charge on any atom is 0.234 e. The van der Waals surface area contributed by atoms with Crippen molar-refractivity contribution in [2.75, 3.05) is 11.1 Å². The molecule has 0 bridgehead atoms. The Morgan fingerprint density at radius 3 is 2.53 bits per heavy atom. The first-order valence-electron chi connectivity index (χ1n) is 11.4. The van der Waals surface area contributed by atoms with Gasteiger partial charge in [0, 0.05) is 12.2 Å². The fraction of sp³-hybridized carbons (Fsp3) is 0.370. The van der Waals surface area contributed by atoms with Gasteiger partial charge in [-0.25, -0.2) is 0 Å². The van der Waals surface area contributed by atoms with Crippen LogP contribution in [0.25, 0.3) is 0 Å². The number of aryl methyl sites for hydroxylation is 2. The number of hydrogen-bond acceptors (Lipinski definition) is 5. The van der Waals surface area contributed by atoms with E-state index in [0.29, 0.717) is 17.5 Å². The summed E-state index contributed by atoms with van der Waals surface area (Å²) in [6.45, 7) is 16.9. The number of anilines is 1. The van der Waals surface area contributed by atoms with Crippen LogP contribution >= 0.6 is 11.8 Å². The highest BCUT2D eigenvalue weighted by molar-refractivity contribution is 7.99. The van der Waals surface area contributed by atoms with E-state index in [1.54, 1.807) is 6.08 Å². The summed E-state index contributed by atoms with van der Waals surface area (Å²) in [5, 5.41) is 12.3. The molecular weight excluding hydrogens is 444 g/mol. The van der Waals surface area contributed by atoms with Crippen LogP contribution in [0.5, 0.6) is 5.75 Å². The standard InChI is InChI=1S/C27H34N4O2S/c1-8-15-31-25(20(4)33-22-13-11-21(12-14-22)27(5,6)7)29-30-26(31)34-17-24(32)28-23-16-18(2)9-10-19(23)3/h8-14,16,20H,1,15,17H2,2-7H3,(H,28,32). The van der Waals surface area contributed by atoms with Crippen molar-refractivity contribution < 1.29 is 9.53 Å². The number of nitrogens with one attached hydrogen (secondary N) is 1. The molecule has 7 heteroatoms. The zero-order valence-electron chi connectivity index (χ0n) is 20.9. The molecule has 1 aromatic heterocycles. The first-order chi connectivity index (χ1) is 16.1. The summed E-state index contributed by atoms with van der Waals surface area (Å²) in [5.41, 5.74) is 4.30. The molecular formula is C27H34N4O2S. The number of allylic oxidation sites excluding steroid dienone is 1. The van der Waals surface area contributed by atoms with Crippen molar-refractivity contribution in [1.29, 1.82) is 0 Å². The van der Waals surface area contributed by atoms with Gasteiger partial charge >= 0.3 is 0 Å². The molecule has 6 nitrogen and oxygen atoms in total. The maximum atomic E-state index is 12.6. The Kier molecular flexibility index (Phi) is 8.20. The number of aromatic nitrogens is 3. The summed E-state index contributed by atoms with van der Waals surface area (Å²) in [6.07, 6.45) is 1.48. The van der Waals surface area contributed by atoms with Gasteiger partial charge in [-0.3, -0.25) is 9.36 Å². The number of carbonyl (C=O) groups excluding carboxylic acids is 1. The summed E-state index contributed by atoms with van der Waals surface area (Å²) in [4.78, 5) is 12.6. The van der Waals surface area contributed by atoms with Crippen molar-refractivity contribution in [2.24, 2.45) is 0 Å². The molecule has 180 valence electrons. The number of nitrogens with zero attached hydrogens (tertiary/aromatic N) is 3. The van der Waals surface area contributed by atoms with Gasteiger partial charge in [0.05, 0.1) is 5.75 Å². The second-order valence-corrected chi connectivity index (χ2v) is 10.4. The van der Waals surface area contributed by atoms with E-state index >= 15 is 0 Å². The first kappa shape index (κ1) is 25.6. The molecule has 0 aliphatic heterocycles. The molecule has 0 fully saturated rings. The van der Waals surface area contributed by atoms with Crippen LogP contribution in [0.2, 0.25) is 0 Å². The largest absolute Gasteiger partial charge is 0.483 e. The van der Waals surface area contributed by atoms with Crippen LogP contribution < -0.4 is 10.1 Å². The van der Waals surface area contributed by atoms with Gasteiger partial charge in [0.25, 0.3) is 0 Å². The van der Waals surface area contributed by atoms with E-state index in [1.807, 2.05) is 55.7 Å². The molecule has 1 heterocycles. The van der Waals surface area contributed by atoms with Crippen LogP contribution in [0, 0.1) is 13.8 Å². The van der Waals surface area contributed by atoms with Gasteiger partial charge in [0.1, 0.15) is 5.75 Å². The van der Waals surface area contributed by atoms with Gasteiger partial charge in [0.15, 0.2) is 17.1 Å². The summed E-state index contributed by atoms with van der Waals surface area (Å²) >= 11 is 1.35. The SMILES string of the molecule is C=CCn1c(SCC(=O)Nc2cc(C)ccc2C)nnc1C(C)Oc1ccc(C(C)(C)C)cc1. The van der Waals surface area contributed by atoms with Crippen LogP contribution in [-0.4, -0.2) is 26.4 Å². The highest BCUT2D eigenvalue weighted by atomic mass is 32.2. The normalized spacial score (nSPS) is 12.3. The third-order valence-electron chi connectivity index (χ3n) is 5.45. The lowest BCUT2D eigenvalue weighted by Crippen LogP contribution is -2.16. The number of ether oxygens (including phenoxy) is 1. The third kappa shape index (κ3) is 6.50. The minimum absolute atomic E-state index is 0.0864. The Bertz CT molecular complexity index is 1150. The Morgan fingerprint density at radius 1 is 1.18 bits per heavy atom. The van der Waals surface area contributed by atoms with Crippen molar-refractivity contribution in [3.05, 3.63) is 77.6 Å². The van der Waals surface area contributed by atoms with Gasteiger partial charge in [-0.2, -0.15) is 0 Å². The Labute approximate surface area is 206 Å². The van der Waals surface area contributed by atoms with Crippen molar-refractivity contribution in [3.63, 3.8) is 0 Å². The predicted octanol–water partition coefficient (Wildman–Crippen LogP) is 6.25. The van der Waals surface area contributed by atoms with Crippen molar-refractivity contribution in [1.82, 2.24) is 14.8 Å². The monoisotopic (exact) mass is 478 g/mol. The molecule has 3 rings (SSSR count). The average molecular weight is 479 g/mol. The van der Waals surface area contributed by atoms with Crippen molar-refractivity contribution in [2.45, 2.75) is 64.8 Å². The Balaban J connectivity index is 1.68. The topological polar surface area (TPSA) is 69.0 Å². The van der Waals surface area contributed by atoms with E-state index in [1.165, 1.54) is 17.3 Å². The molecule has 1 N–H and O–H groups in total. The highest BCUT2D eigenvalue weighted by Crippen LogP contribution is 2.28. The lowest BCUT2D eigenvalue weighted by Gasteiger charge is -2.20. The molecule has 3 aromatic rings. The number of hydrogen-bond donors (Lipinski definition) is 1. The predicted molar refractivity (Wildman–Crippen MR) is 140 cm³/mol. The minimum atomic E-state index is -0.314. The number of amides is 1. The molecule has 1 unspecified atom stereocenters. The van der Waals surface area contributed by atoms with E-state index in [9.17, 15) is 4.79 Å². The number of benzene rings is 2. The van der Waals surface area contributed by atoms with Crippen molar-refractivity contribution >= 4 is 23.4 Å². The van der Waals surface area contributed by atoms with Gasteiger partial charge in [-0.15, -0.1) is 16.8 Å². The van der Waals surface area contributed by atoms with Crippen LogP contribution in [0.1, 0.15) is 56.3 Å². The fourth-order valence-electron chi connectivity index (χ4n) is 3.49. The second-order valence-electron chi connectivity index (χ2n) is 9.43. The second kappa shape index (κ2) is 10.9. The van der Waals surface area contributed by atoms with Gasteiger partial charge in [-0.1, -0.05) is 62.9 Å². The van der Waals surface area contributed by atoms with Gasteiger partial charge in [-0.05, 0) is 61.1 Å². The van der Waals surface area contributed by atoms with Crippen LogP contribution in [-0.2, 0) is 16.8 Å². The Morgan fingerprint density at radius 2 is 1.88 bits per heavy atom. The lowest BCUT2D eigenvalue weighted by atomic mass is 9.87. The molecule has 34 heavy (non-hydrogen) atoms. The highest BCUT2D eigenvalue weighted by Gasteiger charge is 2.20. The van der Waals surface area contributed by atoms with Crippen LogP contribution in [0.15, 0.2) is 60.3 Å².